The van der Waals surface area contributed by atoms with Crippen LogP contribution in [0.2, 0.25) is 0 Å². The SMILES string of the molecule is Cc1nc(N2CCCCCC2)ccc1[C@H](C)N. The summed E-state index contributed by atoms with van der Waals surface area (Å²) in [6, 6.07) is 4.32. The molecule has 0 saturated carbocycles. The predicted octanol–water partition coefficient (Wildman–Crippen LogP) is 2.79. The first-order valence-corrected chi connectivity index (χ1v) is 6.66. The number of aryl methyl sites for hydroxylation is 1. The van der Waals surface area contributed by atoms with Gasteiger partial charge in [0.05, 0.1) is 0 Å². The summed E-state index contributed by atoms with van der Waals surface area (Å²) in [5, 5.41) is 0. The lowest BCUT2D eigenvalue weighted by atomic mass is 10.1. The molecule has 17 heavy (non-hydrogen) atoms. The number of hydrogen-bond acceptors (Lipinski definition) is 3. The van der Waals surface area contributed by atoms with Gasteiger partial charge in [-0.25, -0.2) is 4.98 Å². The quantitative estimate of drug-likeness (QED) is 0.854. The fourth-order valence-corrected chi connectivity index (χ4v) is 2.52. The van der Waals surface area contributed by atoms with E-state index in [1.807, 2.05) is 6.92 Å². The van der Waals surface area contributed by atoms with Gasteiger partial charge in [0.15, 0.2) is 0 Å². The second-order valence-electron chi connectivity index (χ2n) is 5.03. The minimum absolute atomic E-state index is 0.0701. The zero-order valence-corrected chi connectivity index (χ0v) is 10.9. The zero-order chi connectivity index (χ0) is 12.3. The molecular formula is C14H23N3. The molecule has 0 amide bonds. The van der Waals surface area contributed by atoms with E-state index in [0.717, 1.165) is 30.2 Å². The predicted molar refractivity (Wildman–Crippen MR) is 72.3 cm³/mol. The molecule has 1 aromatic heterocycles. The van der Waals surface area contributed by atoms with Gasteiger partial charge in [-0.1, -0.05) is 18.9 Å². The van der Waals surface area contributed by atoms with Gasteiger partial charge in [-0.05, 0) is 38.3 Å². The Labute approximate surface area is 104 Å². The van der Waals surface area contributed by atoms with Gasteiger partial charge >= 0.3 is 0 Å². The standard InChI is InChI=1S/C14H23N3/c1-11(15)13-7-8-14(16-12(13)2)17-9-5-3-4-6-10-17/h7-8,11H,3-6,9-10,15H2,1-2H3/t11-/m0/s1. The van der Waals surface area contributed by atoms with Gasteiger partial charge in [-0.15, -0.1) is 0 Å². The minimum atomic E-state index is 0.0701. The summed E-state index contributed by atoms with van der Waals surface area (Å²) in [6.45, 7) is 6.35. The van der Waals surface area contributed by atoms with Crippen LogP contribution in [0.5, 0.6) is 0 Å². The Morgan fingerprint density at radius 3 is 2.35 bits per heavy atom. The number of hydrogen-bond donors (Lipinski definition) is 1. The molecule has 1 saturated heterocycles. The van der Waals surface area contributed by atoms with Crippen molar-refractivity contribution in [2.45, 2.75) is 45.6 Å². The van der Waals surface area contributed by atoms with Crippen molar-refractivity contribution < 1.29 is 0 Å². The first-order chi connectivity index (χ1) is 8.18. The van der Waals surface area contributed by atoms with E-state index in [1.165, 1.54) is 25.7 Å². The Balaban J connectivity index is 2.18. The number of nitrogens with zero attached hydrogens (tertiary/aromatic N) is 2. The Bertz CT molecular complexity index is 366. The van der Waals surface area contributed by atoms with E-state index < -0.39 is 0 Å². The third kappa shape index (κ3) is 2.97. The van der Waals surface area contributed by atoms with Crippen LogP contribution in [0, 0.1) is 6.92 Å². The zero-order valence-electron chi connectivity index (χ0n) is 10.9. The first-order valence-electron chi connectivity index (χ1n) is 6.66. The molecule has 94 valence electrons. The summed E-state index contributed by atoms with van der Waals surface area (Å²) >= 11 is 0. The molecule has 3 nitrogen and oxygen atoms in total. The maximum atomic E-state index is 5.91. The molecule has 2 rings (SSSR count). The van der Waals surface area contributed by atoms with Crippen LogP contribution in [0.15, 0.2) is 12.1 Å². The molecule has 1 aliphatic heterocycles. The Hall–Kier alpha value is -1.09. The molecule has 1 aromatic rings. The molecule has 1 fully saturated rings. The average molecular weight is 233 g/mol. The second kappa shape index (κ2) is 5.50. The summed E-state index contributed by atoms with van der Waals surface area (Å²) in [4.78, 5) is 7.11. The number of aromatic nitrogens is 1. The molecule has 1 atom stereocenters. The van der Waals surface area contributed by atoms with Gasteiger partial charge in [-0.2, -0.15) is 0 Å². The lowest BCUT2D eigenvalue weighted by molar-refractivity contribution is 0.726. The summed E-state index contributed by atoms with van der Waals surface area (Å²) < 4.78 is 0. The van der Waals surface area contributed by atoms with Gasteiger partial charge in [0.2, 0.25) is 0 Å². The largest absolute Gasteiger partial charge is 0.357 e. The van der Waals surface area contributed by atoms with Crippen molar-refractivity contribution in [2.75, 3.05) is 18.0 Å². The number of pyridine rings is 1. The molecule has 1 aliphatic rings. The average Bonchev–Trinajstić information content (AvgIpc) is 2.56. The smallest absolute Gasteiger partial charge is 0.128 e. The molecule has 0 aliphatic carbocycles. The highest BCUT2D eigenvalue weighted by molar-refractivity contribution is 5.42. The second-order valence-corrected chi connectivity index (χ2v) is 5.03. The van der Waals surface area contributed by atoms with Crippen LogP contribution < -0.4 is 10.6 Å². The molecule has 0 bridgehead atoms. The Kier molecular flexibility index (Phi) is 4.00. The topological polar surface area (TPSA) is 42.2 Å². The maximum absolute atomic E-state index is 5.91. The highest BCUT2D eigenvalue weighted by Gasteiger charge is 2.13. The van der Waals surface area contributed by atoms with Crippen LogP contribution in [0.4, 0.5) is 5.82 Å². The summed E-state index contributed by atoms with van der Waals surface area (Å²) in [5.74, 6) is 1.12. The van der Waals surface area contributed by atoms with Crippen molar-refractivity contribution in [3.05, 3.63) is 23.4 Å². The Morgan fingerprint density at radius 2 is 1.82 bits per heavy atom. The number of nitrogens with two attached hydrogens (primary N) is 1. The van der Waals surface area contributed by atoms with Crippen LogP contribution >= 0.6 is 0 Å². The van der Waals surface area contributed by atoms with E-state index in [0.29, 0.717) is 0 Å². The molecule has 2 heterocycles. The molecule has 0 spiro atoms. The molecule has 2 N–H and O–H groups in total. The molecule has 3 heteroatoms. The number of rotatable bonds is 2. The fraction of sp³-hybridized carbons (Fsp3) is 0.643. The molecular weight excluding hydrogens is 210 g/mol. The van der Waals surface area contributed by atoms with E-state index in [1.54, 1.807) is 0 Å². The van der Waals surface area contributed by atoms with Crippen molar-refractivity contribution in [2.24, 2.45) is 5.73 Å². The van der Waals surface area contributed by atoms with Crippen molar-refractivity contribution in [3.63, 3.8) is 0 Å². The summed E-state index contributed by atoms with van der Waals surface area (Å²) in [6.07, 6.45) is 5.28. The Morgan fingerprint density at radius 1 is 1.18 bits per heavy atom. The number of anilines is 1. The summed E-state index contributed by atoms with van der Waals surface area (Å²) in [5.41, 5.74) is 8.14. The lowest BCUT2D eigenvalue weighted by Crippen LogP contribution is -2.25. The van der Waals surface area contributed by atoms with Crippen molar-refractivity contribution in [3.8, 4) is 0 Å². The van der Waals surface area contributed by atoms with Gasteiger partial charge in [-0.3, -0.25) is 0 Å². The lowest BCUT2D eigenvalue weighted by Gasteiger charge is -2.22. The van der Waals surface area contributed by atoms with E-state index in [4.69, 9.17) is 10.7 Å². The van der Waals surface area contributed by atoms with E-state index in [-0.39, 0.29) is 6.04 Å². The van der Waals surface area contributed by atoms with Gasteiger partial charge in [0, 0.05) is 24.8 Å². The van der Waals surface area contributed by atoms with E-state index in [2.05, 4.69) is 24.0 Å². The van der Waals surface area contributed by atoms with Crippen LogP contribution in [-0.2, 0) is 0 Å². The highest BCUT2D eigenvalue weighted by Crippen LogP contribution is 2.21. The van der Waals surface area contributed by atoms with Crippen molar-refractivity contribution in [1.82, 2.24) is 4.98 Å². The van der Waals surface area contributed by atoms with E-state index in [9.17, 15) is 0 Å². The van der Waals surface area contributed by atoms with Gasteiger partial charge in [0.1, 0.15) is 5.82 Å². The van der Waals surface area contributed by atoms with Crippen molar-refractivity contribution >= 4 is 5.82 Å². The van der Waals surface area contributed by atoms with Gasteiger partial charge in [0.25, 0.3) is 0 Å². The van der Waals surface area contributed by atoms with Gasteiger partial charge < -0.3 is 10.6 Å². The minimum Gasteiger partial charge on any atom is -0.357 e. The third-order valence-corrected chi connectivity index (χ3v) is 3.53. The molecule has 0 radical (unpaired) electrons. The molecule has 0 aromatic carbocycles. The first kappa shape index (κ1) is 12.4. The van der Waals surface area contributed by atoms with Crippen molar-refractivity contribution in [1.29, 1.82) is 0 Å². The maximum Gasteiger partial charge on any atom is 0.128 e. The van der Waals surface area contributed by atoms with Crippen LogP contribution in [0.1, 0.15) is 49.9 Å². The third-order valence-electron chi connectivity index (χ3n) is 3.53. The summed E-state index contributed by atoms with van der Waals surface area (Å²) in [7, 11) is 0. The highest BCUT2D eigenvalue weighted by atomic mass is 15.2. The fourth-order valence-electron chi connectivity index (χ4n) is 2.52. The van der Waals surface area contributed by atoms with Crippen LogP contribution in [-0.4, -0.2) is 18.1 Å². The van der Waals surface area contributed by atoms with Crippen LogP contribution in [0.3, 0.4) is 0 Å². The monoisotopic (exact) mass is 233 g/mol. The normalized spacial score (nSPS) is 18.9. The van der Waals surface area contributed by atoms with E-state index >= 15 is 0 Å². The molecule has 0 unspecified atom stereocenters. The van der Waals surface area contributed by atoms with Crippen LogP contribution in [0.25, 0.3) is 0 Å².